The van der Waals surface area contributed by atoms with E-state index >= 15 is 0 Å². The number of hydrogen-bond donors (Lipinski definition) is 0. The van der Waals surface area contributed by atoms with Gasteiger partial charge in [0.2, 0.25) is 10.0 Å². The van der Waals surface area contributed by atoms with E-state index in [9.17, 15) is 8.42 Å². The molecule has 1 aromatic rings. The van der Waals surface area contributed by atoms with E-state index in [1.165, 1.54) is 0 Å². The maximum atomic E-state index is 12.9. The van der Waals surface area contributed by atoms with Gasteiger partial charge < -0.3 is 4.84 Å². The van der Waals surface area contributed by atoms with Gasteiger partial charge in [-0.05, 0) is 25.0 Å². The molecule has 2 heterocycles. The number of sulfonamides is 1. The zero-order chi connectivity index (χ0) is 15.2. The van der Waals surface area contributed by atoms with Gasteiger partial charge in [-0.2, -0.15) is 4.31 Å². The molecule has 0 amide bonds. The molecule has 1 aromatic carbocycles. The summed E-state index contributed by atoms with van der Waals surface area (Å²) in [6, 6.07) is 6.80. The van der Waals surface area contributed by atoms with Crippen molar-refractivity contribution in [1.82, 2.24) is 4.31 Å². The Kier molecular flexibility index (Phi) is 3.53. The van der Waals surface area contributed by atoms with Crippen LogP contribution in [0.2, 0.25) is 0 Å². The van der Waals surface area contributed by atoms with E-state index in [1.54, 1.807) is 16.4 Å². The van der Waals surface area contributed by atoms with Crippen LogP contribution in [0, 0.1) is 18.8 Å². The summed E-state index contributed by atoms with van der Waals surface area (Å²) in [4.78, 5) is 5.49. The second-order valence-electron chi connectivity index (χ2n) is 6.09. The topological polar surface area (TPSA) is 59.0 Å². The first-order chi connectivity index (χ1) is 9.91. The molecular formula is C15H20N2O3S. The van der Waals surface area contributed by atoms with Crippen molar-refractivity contribution < 1.29 is 13.3 Å². The van der Waals surface area contributed by atoms with Crippen LogP contribution in [0.25, 0.3) is 0 Å². The molecule has 0 spiro atoms. The highest BCUT2D eigenvalue weighted by Crippen LogP contribution is 2.34. The third-order valence-corrected chi connectivity index (χ3v) is 6.00. The summed E-state index contributed by atoms with van der Waals surface area (Å²) in [5.74, 6) is 0.258. The van der Waals surface area contributed by atoms with E-state index in [0.717, 1.165) is 11.3 Å². The number of hydrogen-bond acceptors (Lipinski definition) is 4. The normalized spacial score (nSPS) is 25.8. The van der Waals surface area contributed by atoms with Crippen LogP contribution >= 0.6 is 0 Å². The molecule has 21 heavy (non-hydrogen) atoms. The van der Waals surface area contributed by atoms with Gasteiger partial charge in [0.15, 0.2) is 0 Å². The largest absolute Gasteiger partial charge is 0.395 e. The highest BCUT2D eigenvalue weighted by Gasteiger charge is 2.48. The van der Waals surface area contributed by atoms with Crippen LogP contribution in [-0.4, -0.2) is 37.6 Å². The molecule has 5 nitrogen and oxygen atoms in total. The molecule has 0 aromatic heterocycles. The first-order valence-electron chi connectivity index (χ1n) is 7.19. The lowest BCUT2D eigenvalue weighted by Gasteiger charge is -2.26. The maximum Gasteiger partial charge on any atom is 0.243 e. The summed E-state index contributed by atoms with van der Waals surface area (Å²) in [6.07, 6.45) is 0. The molecule has 6 heteroatoms. The highest BCUT2D eigenvalue weighted by atomic mass is 32.2. The van der Waals surface area contributed by atoms with E-state index in [2.05, 4.69) is 5.16 Å². The minimum Gasteiger partial charge on any atom is -0.395 e. The van der Waals surface area contributed by atoms with E-state index in [1.807, 2.05) is 32.9 Å². The third-order valence-electron chi connectivity index (χ3n) is 4.14. The Morgan fingerprint density at radius 3 is 2.57 bits per heavy atom. The summed E-state index contributed by atoms with van der Waals surface area (Å²) in [7, 11) is -3.49. The predicted molar refractivity (Wildman–Crippen MR) is 80.6 cm³/mol. The molecule has 0 unspecified atom stereocenters. The monoisotopic (exact) mass is 308 g/mol. The Hall–Kier alpha value is -1.40. The SMILES string of the molecule is Cc1ccc(S(=O)(=O)N2C[C@@H]3CON=C3[C@@H]2C(C)C)cc1. The Bertz CT molecular complexity index is 665. The standard InChI is InChI=1S/C15H20N2O3S/c1-10(2)15-14-12(9-20-16-14)8-17(15)21(18,19)13-6-4-11(3)5-7-13/h4-7,10,12,15H,8-9H2,1-3H3/t12-,15+/m1/s1. The van der Waals surface area contributed by atoms with Crippen LogP contribution in [0.5, 0.6) is 0 Å². The third kappa shape index (κ3) is 2.36. The van der Waals surface area contributed by atoms with Gasteiger partial charge in [-0.3, -0.25) is 0 Å². The molecule has 0 radical (unpaired) electrons. The van der Waals surface area contributed by atoms with Gasteiger partial charge in [0, 0.05) is 6.54 Å². The molecule has 2 aliphatic heterocycles. The van der Waals surface area contributed by atoms with E-state index in [4.69, 9.17) is 4.84 Å². The lowest BCUT2D eigenvalue weighted by molar-refractivity contribution is 0.145. The van der Waals surface area contributed by atoms with Crippen molar-refractivity contribution >= 4 is 15.7 Å². The number of fused-ring (bicyclic) bond motifs is 1. The molecule has 2 aliphatic rings. The zero-order valence-corrected chi connectivity index (χ0v) is 13.3. The fourth-order valence-corrected chi connectivity index (χ4v) is 4.83. The number of nitrogens with zero attached hydrogens (tertiary/aromatic N) is 2. The molecular weight excluding hydrogens is 288 g/mol. The maximum absolute atomic E-state index is 12.9. The summed E-state index contributed by atoms with van der Waals surface area (Å²) in [5.41, 5.74) is 1.92. The number of aryl methyl sites for hydroxylation is 1. The van der Waals surface area contributed by atoms with Crippen molar-refractivity contribution in [2.45, 2.75) is 31.7 Å². The molecule has 1 fully saturated rings. The van der Waals surface area contributed by atoms with Crippen molar-refractivity contribution in [2.75, 3.05) is 13.2 Å². The highest BCUT2D eigenvalue weighted by molar-refractivity contribution is 7.89. The van der Waals surface area contributed by atoms with Crippen LogP contribution in [0.3, 0.4) is 0 Å². The van der Waals surface area contributed by atoms with Crippen molar-refractivity contribution in [3.63, 3.8) is 0 Å². The van der Waals surface area contributed by atoms with Gasteiger partial charge in [-0.15, -0.1) is 0 Å². The van der Waals surface area contributed by atoms with Gasteiger partial charge >= 0.3 is 0 Å². The van der Waals surface area contributed by atoms with Crippen LogP contribution in [0.4, 0.5) is 0 Å². The summed E-state index contributed by atoms with van der Waals surface area (Å²) in [5, 5.41) is 4.08. The van der Waals surface area contributed by atoms with E-state index < -0.39 is 10.0 Å². The zero-order valence-electron chi connectivity index (χ0n) is 12.5. The molecule has 1 saturated heterocycles. The van der Waals surface area contributed by atoms with E-state index in [0.29, 0.717) is 18.0 Å². The summed E-state index contributed by atoms with van der Waals surface area (Å²) < 4.78 is 27.4. The van der Waals surface area contributed by atoms with Crippen LogP contribution in [0.1, 0.15) is 19.4 Å². The van der Waals surface area contributed by atoms with Crippen molar-refractivity contribution in [2.24, 2.45) is 17.0 Å². The Morgan fingerprint density at radius 2 is 1.95 bits per heavy atom. The molecule has 0 bridgehead atoms. The van der Waals surface area contributed by atoms with Crippen LogP contribution < -0.4 is 0 Å². The smallest absolute Gasteiger partial charge is 0.243 e. The Labute approximate surface area is 125 Å². The average molecular weight is 308 g/mol. The fourth-order valence-electron chi connectivity index (χ4n) is 3.05. The summed E-state index contributed by atoms with van der Waals surface area (Å²) in [6.45, 7) is 6.92. The lowest BCUT2D eigenvalue weighted by atomic mass is 9.96. The quantitative estimate of drug-likeness (QED) is 0.858. The molecule has 2 atom stereocenters. The molecule has 0 N–H and O–H groups in total. The first kappa shape index (κ1) is 14.5. The second-order valence-corrected chi connectivity index (χ2v) is 7.98. The average Bonchev–Trinajstić information content (AvgIpc) is 2.98. The Morgan fingerprint density at radius 1 is 1.29 bits per heavy atom. The molecule has 0 aliphatic carbocycles. The van der Waals surface area contributed by atoms with E-state index in [-0.39, 0.29) is 17.9 Å². The summed E-state index contributed by atoms with van der Waals surface area (Å²) >= 11 is 0. The molecule has 0 saturated carbocycles. The minimum absolute atomic E-state index is 0.0950. The number of oxime groups is 1. The predicted octanol–water partition coefficient (Wildman–Crippen LogP) is 2.03. The fraction of sp³-hybridized carbons (Fsp3) is 0.533. The number of benzene rings is 1. The van der Waals surface area contributed by atoms with Gasteiger partial charge in [-0.25, -0.2) is 8.42 Å². The van der Waals surface area contributed by atoms with Gasteiger partial charge in [0.25, 0.3) is 0 Å². The Balaban J connectivity index is 2.00. The second kappa shape index (κ2) is 5.10. The van der Waals surface area contributed by atoms with Crippen molar-refractivity contribution in [3.8, 4) is 0 Å². The number of rotatable bonds is 3. The first-order valence-corrected chi connectivity index (χ1v) is 8.63. The van der Waals surface area contributed by atoms with Crippen molar-refractivity contribution in [1.29, 1.82) is 0 Å². The van der Waals surface area contributed by atoms with Gasteiger partial charge in [0.1, 0.15) is 6.61 Å². The van der Waals surface area contributed by atoms with Crippen LogP contribution in [-0.2, 0) is 14.9 Å². The lowest BCUT2D eigenvalue weighted by Crippen LogP contribution is -2.41. The molecule has 3 rings (SSSR count). The van der Waals surface area contributed by atoms with Crippen molar-refractivity contribution in [3.05, 3.63) is 29.8 Å². The molecule has 114 valence electrons. The van der Waals surface area contributed by atoms with Crippen LogP contribution in [0.15, 0.2) is 34.3 Å². The minimum atomic E-state index is -3.49. The van der Waals surface area contributed by atoms with Gasteiger partial charge in [-0.1, -0.05) is 36.7 Å². The van der Waals surface area contributed by atoms with Gasteiger partial charge in [0.05, 0.1) is 22.6 Å².